The molecule has 7 unspecified atom stereocenters. The normalized spacial score (nSPS) is 19.7. The number of ether oxygens (including phenoxy) is 2. The largest absolute Gasteiger partial charge is 0.394 e. The second kappa shape index (κ2) is 50.7. The first-order valence-corrected chi connectivity index (χ1v) is 29.8. The molecule has 70 heavy (non-hydrogen) atoms. The van der Waals surface area contributed by atoms with Crippen molar-refractivity contribution in [1.29, 1.82) is 0 Å². The summed E-state index contributed by atoms with van der Waals surface area (Å²) in [6.45, 7) is 3.76. The van der Waals surface area contributed by atoms with Gasteiger partial charge >= 0.3 is 0 Å². The Morgan fingerprint density at radius 2 is 0.886 bits per heavy atom. The number of nitrogens with one attached hydrogen (secondary N) is 1. The van der Waals surface area contributed by atoms with Crippen LogP contribution in [0.1, 0.15) is 277 Å². The average molecular weight is 989 g/mol. The summed E-state index contributed by atoms with van der Waals surface area (Å²) < 4.78 is 11.3. The Balaban J connectivity index is 2.18. The minimum atomic E-state index is -1.55. The summed E-state index contributed by atoms with van der Waals surface area (Å²) in [6.07, 6.45) is 59.9. The van der Waals surface area contributed by atoms with Crippen molar-refractivity contribution in [2.75, 3.05) is 13.2 Å². The van der Waals surface area contributed by atoms with E-state index in [0.29, 0.717) is 12.8 Å². The molecule has 1 amide bonds. The Morgan fingerprint density at radius 3 is 1.31 bits per heavy atom. The van der Waals surface area contributed by atoms with E-state index in [1.54, 1.807) is 0 Å². The average Bonchev–Trinajstić information content (AvgIpc) is 3.36. The second-order valence-corrected chi connectivity index (χ2v) is 20.8. The maximum Gasteiger partial charge on any atom is 0.220 e. The van der Waals surface area contributed by atoms with E-state index in [0.717, 1.165) is 64.2 Å². The van der Waals surface area contributed by atoms with E-state index in [1.165, 1.54) is 186 Å². The number of aliphatic hydroxyl groups excluding tert-OH is 5. The number of hydrogen-bond acceptors (Lipinski definition) is 8. The summed E-state index contributed by atoms with van der Waals surface area (Å²) in [7, 11) is 0. The molecule has 0 aromatic heterocycles. The first-order chi connectivity index (χ1) is 34.3. The molecule has 9 nitrogen and oxygen atoms in total. The van der Waals surface area contributed by atoms with E-state index < -0.39 is 49.5 Å². The Hall–Kier alpha value is -1.85. The van der Waals surface area contributed by atoms with Gasteiger partial charge in [-0.25, -0.2) is 0 Å². The number of aliphatic hydroxyl groups is 5. The number of hydrogen-bond donors (Lipinski definition) is 6. The zero-order chi connectivity index (χ0) is 50.8. The highest BCUT2D eigenvalue weighted by Gasteiger charge is 2.44. The minimum Gasteiger partial charge on any atom is -0.394 e. The van der Waals surface area contributed by atoms with Crippen LogP contribution in [0.15, 0.2) is 48.6 Å². The maximum atomic E-state index is 13.1. The molecule has 1 fully saturated rings. The third-order valence-corrected chi connectivity index (χ3v) is 14.2. The lowest BCUT2D eigenvalue weighted by Gasteiger charge is -2.40. The van der Waals surface area contributed by atoms with Crippen molar-refractivity contribution in [2.45, 2.75) is 320 Å². The van der Waals surface area contributed by atoms with Crippen molar-refractivity contribution in [3.63, 3.8) is 0 Å². The van der Waals surface area contributed by atoms with Crippen molar-refractivity contribution in [1.82, 2.24) is 5.32 Å². The Morgan fingerprint density at radius 1 is 0.500 bits per heavy atom. The standard InChI is InChI=1S/C61H113NO8/c1-3-5-7-9-11-13-15-17-19-21-23-25-26-27-28-29-30-31-33-35-37-39-41-43-45-47-49-51-57(65)62-54(53-69-61-60(68)59(67)58(66)56(52-63)70-61)55(64)50-48-46-44-42-40-38-36-34-32-24-22-20-18-16-14-12-10-8-6-4-2/h5,7,11,13,17,19,23,25,54-56,58-61,63-64,66-68H,3-4,6,8-10,12,14-16,18,20-22,24,26-53H2,1-2H3,(H,62,65)/b7-5-,13-11-,19-17-,25-23-. The molecule has 0 saturated carbocycles. The van der Waals surface area contributed by atoms with Gasteiger partial charge in [0.1, 0.15) is 24.4 Å². The van der Waals surface area contributed by atoms with Crippen LogP contribution in [-0.2, 0) is 14.3 Å². The predicted octanol–water partition coefficient (Wildman–Crippen LogP) is 14.9. The summed E-state index contributed by atoms with van der Waals surface area (Å²) in [5.74, 6) is -0.143. The number of amides is 1. The molecular weight excluding hydrogens is 875 g/mol. The van der Waals surface area contributed by atoms with Crippen LogP contribution in [0.3, 0.4) is 0 Å². The molecule has 7 atom stereocenters. The summed E-state index contributed by atoms with van der Waals surface area (Å²) in [6, 6.07) is -0.721. The van der Waals surface area contributed by atoms with Crippen LogP contribution in [0.25, 0.3) is 0 Å². The van der Waals surface area contributed by atoms with Gasteiger partial charge in [-0.05, 0) is 51.4 Å². The molecule has 0 bridgehead atoms. The number of allylic oxidation sites excluding steroid dienone is 8. The SMILES string of the molecule is CC/C=C\C/C=C\C/C=C\C/C=C\CCCCCCCCCCCCCCCCC(=O)NC(COC1OC(CO)C(O)C(O)C1O)C(O)CCCCCCCCCCCCCCCCCCCCCC. The minimum absolute atomic E-state index is 0.137. The molecule has 1 aliphatic heterocycles. The molecule has 0 spiro atoms. The maximum absolute atomic E-state index is 13.1. The molecule has 1 saturated heterocycles. The molecule has 1 heterocycles. The highest BCUT2D eigenvalue weighted by atomic mass is 16.7. The molecule has 9 heteroatoms. The quantitative estimate of drug-likeness (QED) is 0.0261. The summed E-state index contributed by atoms with van der Waals surface area (Å²) in [4.78, 5) is 13.1. The molecular formula is C61H113NO8. The number of rotatable bonds is 51. The molecule has 1 rings (SSSR count). The summed E-state index contributed by atoms with van der Waals surface area (Å²) >= 11 is 0. The number of carbonyl (C=O) groups excluding carboxylic acids is 1. The fraction of sp³-hybridized carbons (Fsp3) is 0.852. The molecule has 0 aromatic rings. The third-order valence-electron chi connectivity index (χ3n) is 14.2. The second-order valence-electron chi connectivity index (χ2n) is 20.8. The molecule has 0 radical (unpaired) electrons. The highest BCUT2D eigenvalue weighted by molar-refractivity contribution is 5.76. The van der Waals surface area contributed by atoms with E-state index in [1.807, 2.05) is 0 Å². The number of carbonyl (C=O) groups is 1. The van der Waals surface area contributed by atoms with Gasteiger partial charge in [0, 0.05) is 6.42 Å². The van der Waals surface area contributed by atoms with Gasteiger partial charge in [0.25, 0.3) is 0 Å². The van der Waals surface area contributed by atoms with Crippen LogP contribution in [0.2, 0.25) is 0 Å². The van der Waals surface area contributed by atoms with Gasteiger partial charge in [-0.3, -0.25) is 4.79 Å². The monoisotopic (exact) mass is 988 g/mol. The zero-order valence-corrected chi connectivity index (χ0v) is 45.5. The fourth-order valence-corrected chi connectivity index (χ4v) is 9.51. The smallest absolute Gasteiger partial charge is 0.220 e. The van der Waals surface area contributed by atoms with Crippen LogP contribution in [0, 0.1) is 0 Å². The van der Waals surface area contributed by atoms with Crippen molar-refractivity contribution in [3.8, 4) is 0 Å². The van der Waals surface area contributed by atoms with Gasteiger partial charge in [0.2, 0.25) is 5.91 Å². The van der Waals surface area contributed by atoms with Gasteiger partial charge in [-0.1, -0.05) is 268 Å². The van der Waals surface area contributed by atoms with Gasteiger partial charge in [0.15, 0.2) is 6.29 Å². The molecule has 410 valence electrons. The molecule has 0 aliphatic carbocycles. The molecule has 1 aliphatic rings. The van der Waals surface area contributed by atoms with Gasteiger partial charge < -0.3 is 40.3 Å². The van der Waals surface area contributed by atoms with Gasteiger partial charge in [0.05, 0.1) is 25.4 Å². The van der Waals surface area contributed by atoms with Crippen molar-refractivity contribution in [3.05, 3.63) is 48.6 Å². The first kappa shape index (κ1) is 66.2. The lowest BCUT2D eigenvalue weighted by molar-refractivity contribution is -0.302. The van der Waals surface area contributed by atoms with Crippen molar-refractivity contribution < 1.29 is 39.8 Å². The van der Waals surface area contributed by atoms with Crippen LogP contribution in [0.5, 0.6) is 0 Å². The van der Waals surface area contributed by atoms with E-state index in [-0.39, 0.29) is 12.5 Å². The lowest BCUT2D eigenvalue weighted by Crippen LogP contribution is -2.60. The Kier molecular flexibility index (Phi) is 47.9. The fourth-order valence-electron chi connectivity index (χ4n) is 9.51. The summed E-state index contributed by atoms with van der Waals surface area (Å²) in [5.41, 5.74) is 0. The molecule has 6 N–H and O–H groups in total. The van der Waals surface area contributed by atoms with Crippen LogP contribution >= 0.6 is 0 Å². The van der Waals surface area contributed by atoms with E-state index in [9.17, 15) is 30.3 Å². The predicted molar refractivity (Wildman–Crippen MR) is 295 cm³/mol. The van der Waals surface area contributed by atoms with Crippen LogP contribution in [-0.4, -0.2) is 87.5 Å². The van der Waals surface area contributed by atoms with Crippen molar-refractivity contribution >= 4 is 5.91 Å². The first-order valence-electron chi connectivity index (χ1n) is 29.8. The number of unbranched alkanes of at least 4 members (excludes halogenated alkanes) is 33. The van der Waals surface area contributed by atoms with Crippen molar-refractivity contribution in [2.24, 2.45) is 0 Å². The van der Waals surface area contributed by atoms with Crippen LogP contribution in [0.4, 0.5) is 0 Å². The lowest BCUT2D eigenvalue weighted by atomic mass is 9.99. The Labute approximate surface area is 431 Å². The topological polar surface area (TPSA) is 149 Å². The highest BCUT2D eigenvalue weighted by Crippen LogP contribution is 2.23. The van der Waals surface area contributed by atoms with E-state index in [4.69, 9.17) is 9.47 Å². The Bertz CT molecular complexity index is 1240. The van der Waals surface area contributed by atoms with Gasteiger partial charge in [-0.2, -0.15) is 0 Å². The van der Waals surface area contributed by atoms with E-state index in [2.05, 4.69) is 67.8 Å². The zero-order valence-electron chi connectivity index (χ0n) is 45.5. The third kappa shape index (κ3) is 39.7. The van der Waals surface area contributed by atoms with Crippen LogP contribution < -0.4 is 5.32 Å². The van der Waals surface area contributed by atoms with E-state index >= 15 is 0 Å². The molecule has 0 aromatic carbocycles. The summed E-state index contributed by atoms with van der Waals surface area (Å²) in [5, 5.41) is 54.7. The van der Waals surface area contributed by atoms with Gasteiger partial charge in [-0.15, -0.1) is 0 Å².